The van der Waals surface area contributed by atoms with Gasteiger partial charge in [-0.1, -0.05) is 61.2 Å². The van der Waals surface area contributed by atoms with E-state index >= 15 is 0 Å². The third-order valence-corrected chi connectivity index (χ3v) is 5.88. The molecule has 0 spiro atoms. The second kappa shape index (κ2) is 8.21. The molecule has 1 aliphatic carbocycles. The summed E-state index contributed by atoms with van der Waals surface area (Å²) in [4.78, 5) is 26.1. The van der Waals surface area contributed by atoms with Gasteiger partial charge in [0.05, 0.1) is 4.92 Å². The Morgan fingerprint density at radius 3 is 2.41 bits per heavy atom. The van der Waals surface area contributed by atoms with Crippen molar-refractivity contribution in [1.82, 2.24) is 0 Å². The summed E-state index contributed by atoms with van der Waals surface area (Å²) in [5, 5.41) is 13.5. The third-order valence-electron chi connectivity index (χ3n) is 5.56. The fourth-order valence-electron chi connectivity index (χ4n) is 4.08. The van der Waals surface area contributed by atoms with Crippen LogP contribution in [0, 0.1) is 10.1 Å². The topological polar surface area (TPSA) is 63.4 Å². The maximum atomic E-state index is 13.5. The monoisotopic (exact) mass is 408 g/mol. The van der Waals surface area contributed by atoms with Crippen LogP contribution in [-0.4, -0.2) is 16.9 Å². The highest BCUT2D eigenvalue weighted by atomic mass is 35.5. The molecule has 0 unspecified atom stereocenters. The maximum Gasteiger partial charge on any atom is 0.288 e. The number of anilines is 1. The molecule has 5 nitrogen and oxygen atoms in total. The highest BCUT2D eigenvalue weighted by molar-refractivity contribution is 6.32. The van der Waals surface area contributed by atoms with E-state index in [0.29, 0.717) is 0 Å². The van der Waals surface area contributed by atoms with Gasteiger partial charge < -0.3 is 4.90 Å². The molecule has 0 atom stereocenters. The van der Waals surface area contributed by atoms with Gasteiger partial charge in [-0.25, -0.2) is 0 Å². The number of nitro groups is 1. The number of benzene rings is 3. The van der Waals surface area contributed by atoms with E-state index in [1.165, 1.54) is 18.6 Å². The number of hydrogen-bond acceptors (Lipinski definition) is 3. The Morgan fingerprint density at radius 1 is 0.966 bits per heavy atom. The van der Waals surface area contributed by atoms with Crippen molar-refractivity contribution in [1.29, 1.82) is 0 Å². The van der Waals surface area contributed by atoms with Crippen LogP contribution in [0.5, 0.6) is 0 Å². The Kier molecular flexibility index (Phi) is 5.49. The summed E-state index contributed by atoms with van der Waals surface area (Å²) in [6, 6.07) is 18.4. The predicted octanol–water partition coefficient (Wildman–Crippen LogP) is 6.38. The van der Waals surface area contributed by atoms with Gasteiger partial charge in [-0.2, -0.15) is 0 Å². The first-order chi connectivity index (χ1) is 14.0. The summed E-state index contributed by atoms with van der Waals surface area (Å²) in [5.74, 6) is -0.230. The van der Waals surface area contributed by atoms with Crippen molar-refractivity contribution >= 4 is 39.7 Å². The molecule has 6 heteroatoms. The highest BCUT2D eigenvalue weighted by Gasteiger charge is 2.29. The number of carbonyl (C=O) groups is 1. The lowest BCUT2D eigenvalue weighted by Gasteiger charge is -2.34. The van der Waals surface area contributed by atoms with E-state index in [9.17, 15) is 14.9 Å². The molecule has 0 aromatic heterocycles. The Labute approximate surface area is 174 Å². The fourth-order valence-corrected chi connectivity index (χ4v) is 4.27. The van der Waals surface area contributed by atoms with Crippen LogP contribution in [0.3, 0.4) is 0 Å². The van der Waals surface area contributed by atoms with Gasteiger partial charge >= 0.3 is 0 Å². The second-order valence-electron chi connectivity index (χ2n) is 7.42. The largest absolute Gasteiger partial charge is 0.305 e. The number of nitro benzene ring substituents is 1. The molecule has 0 bridgehead atoms. The van der Waals surface area contributed by atoms with Crippen LogP contribution >= 0.6 is 11.6 Å². The number of amides is 1. The van der Waals surface area contributed by atoms with Crippen molar-refractivity contribution in [2.75, 3.05) is 4.90 Å². The minimum absolute atomic E-state index is 0.0291. The molecule has 4 rings (SSSR count). The first-order valence-corrected chi connectivity index (χ1v) is 10.2. The van der Waals surface area contributed by atoms with Crippen molar-refractivity contribution in [2.24, 2.45) is 0 Å². The highest BCUT2D eigenvalue weighted by Crippen LogP contribution is 2.32. The Hall–Kier alpha value is -2.92. The molecule has 3 aromatic carbocycles. The van der Waals surface area contributed by atoms with Crippen LogP contribution in [0.2, 0.25) is 5.02 Å². The van der Waals surface area contributed by atoms with E-state index < -0.39 is 4.92 Å². The first kappa shape index (κ1) is 19.4. The van der Waals surface area contributed by atoms with E-state index in [-0.39, 0.29) is 28.2 Å². The summed E-state index contributed by atoms with van der Waals surface area (Å²) < 4.78 is 0. The average molecular weight is 409 g/mol. The normalized spacial score (nSPS) is 14.7. The standard InChI is InChI=1S/C23H21ClN2O3/c24-21-13-11-18(15-22(21)26(28)29)23(27)25(19-8-2-1-3-9-19)20-12-10-16-6-4-5-7-17(16)14-20/h4-7,10-15,19H,1-3,8-9H2. The number of nitrogens with zero attached hydrogens (tertiary/aromatic N) is 2. The van der Waals surface area contributed by atoms with Crippen LogP contribution in [0.4, 0.5) is 11.4 Å². The van der Waals surface area contributed by atoms with Crippen LogP contribution < -0.4 is 4.90 Å². The molecule has 148 valence electrons. The van der Waals surface area contributed by atoms with Gasteiger partial charge in [0.1, 0.15) is 5.02 Å². The lowest BCUT2D eigenvalue weighted by molar-refractivity contribution is -0.384. The minimum Gasteiger partial charge on any atom is -0.305 e. The number of hydrogen-bond donors (Lipinski definition) is 0. The van der Waals surface area contributed by atoms with Crippen LogP contribution in [-0.2, 0) is 0 Å². The van der Waals surface area contributed by atoms with E-state index in [2.05, 4.69) is 0 Å². The predicted molar refractivity (Wildman–Crippen MR) is 116 cm³/mol. The molecule has 0 N–H and O–H groups in total. The summed E-state index contributed by atoms with van der Waals surface area (Å²) >= 11 is 5.94. The van der Waals surface area contributed by atoms with Gasteiger partial charge in [-0.05, 0) is 47.9 Å². The number of halogens is 1. The van der Waals surface area contributed by atoms with Gasteiger partial charge in [-0.15, -0.1) is 0 Å². The lowest BCUT2D eigenvalue weighted by Crippen LogP contribution is -2.41. The molecule has 1 aliphatic rings. The minimum atomic E-state index is -0.555. The van der Waals surface area contributed by atoms with Crippen molar-refractivity contribution < 1.29 is 9.72 Å². The molecule has 0 aliphatic heterocycles. The smallest absolute Gasteiger partial charge is 0.288 e. The van der Waals surface area contributed by atoms with Gasteiger partial charge in [0.25, 0.3) is 11.6 Å². The van der Waals surface area contributed by atoms with Gasteiger partial charge in [0.2, 0.25) is 0 Å². The van der Waals surface area contributed by atoms with Crippen molar-refractivity contribution in [3.63, 3.8) is 0 Å². The lowest BCUT2D eigenvalue weighted by atomic mass is 9.93. The molecule has 0 saturated heterocycles. The SMILES string of the molecule is O=C(c1ccc(Cl)c([N+](=O)[O-])c1)N(c1ccc2ccccc2c1)C1CCCCC1. The zero-order valence-electron chi connectivity index (χ0n) is 15.9. The fraction of sp³-hybridized carbons (Fsp3) is 0.261. The number of fused-ring (bicyclic) bond motifs is 1. The summed E-state index contributed by atoms with van der Waals surface area (Å²) in [5.41, 5.74) is 0.845. The molecule has 3 aromatic rings. The average Bonchev–Trinajstić information content (AvgIpc) is 2.74. The number of carbonyl (C=O) groups excluding carboxylic acids is 1. The summed E-state index contributed by atoms with van der Waals surface area (Å²) in [7, 11) is 0. The van der Waals surface area contributed by atoms with Crippen LogP contribution in [0.1, 0.15) is 42.5 Å². The zero-order valence-corrected chi connectivity index (χ0v) is 16.6. The van der Waals surface area contributed by atoms with E-state index in [1.54, 1.807) is 6.07 Å². The van der Waals surface area contributed by atoms with Crippen LogP contribution in [0.15, 0.2) is 60.7 Å². The van der Waals surface area contributed by atoms with Crippen molar-refractivity contribution in [2.45, 2.75) is 38.1 Å². The van der Waals surface area contributed by atoms with Crippen molar-refractivity contribution in [3.8, 4) is 0 Å². The molecule has 1 fully saturated rings. The Bertz CT molecular complexity index is 1080. The molecule has 0 radical (unpaired) electrons. The zero-order chi connectivity index (χ0) is 20.4. The van der Waals surface area contributed by atoms with Gasteiger partial charge in [-0.3, -0.25) is 14.9 Å². The summed E-state index contributed by atoms with van der Waals surface area (Å²) in [6.45, 7) is 0. The maximum absolute atomic E-state index is 13.5. The second-order valence-corrected chi connectivity index (χ2v) is 7.83. The van der Waals surface area contributed by atoms with Gasteiger partial charge in [0.15, 0.2) is 0 Å². The van der Waals surface area contributed by atoms with Gasteiger partial charge in [0, 0.05) is 23.4 Å². The molecule has 0 heterocycles. The molecular weight excluding hydrogens is 388 g/mol. The van der Waals surface area contributed by atoms with Crippen molar-refractivity contribution in [3.05, 3.63) is 81.4 Å². The summed E-state index contributed by atoms with van der Waals surface area (Å²) in [6.07, 6.45) is 5.16. The Balaban J connectivity index is 1.78. The molecule has 29 heavy (non-hydrogen) atoms. The number of rotatable bonds is 4. The van der Waals surface area contributed by atoms with E-state index in [0.717, 1.165) is 42.1 Å². The third kappa shape index (κ3) is 3.96. The molecule has 1 amide bonds. The van der Waals surface area contributed by atoms with E-state index in [1.807, 2.05) is 47.4 Å². The molecular formula is C23H21ClN2O3. The quantitative estimate of drug-likeness (QED) is 0.371. The van der Waals surface area contributed by atoms with E-state index in [4.69, 9.17) is 11.6 Å². The van der Waals surface area contributed by atoms with Crippen LogP contribution in [0.25, 0.3) is 10.8 Å². The Morgan fingerprint density at radius 2 is 1.69 bits per heavy atom. The first-order valence-electron chi connectivity index (χ1n) is 9.81. The molecule has 1 saturated carbocycles.